The van der Waals surface area contributed by atoms with Crippen LogP contribution in [-0.4, -0.2) is 400 Å². The molecule has 658 valence electrons. The number of methoxy groups -OCH3 is 12. The van der Waals surface area contributed by atoms with Crippen LogP contribution in [0, 0.1) is 0 Å². The normalized spacial score (nSPS) is 10.8. The van der Waals surface area contributed by atoms with E-state index in [0.29, 0.717) is 130 Å². The van der Waals surface area contributed by atoms with Crippen LogP contribution in [0.1, 0.15) is 148 Å². The summed E-state index contributed by atoms with van der Waals surface area (Å²) in [4.78, 5) is 154. The minimum absolute atomic E-state index is 0.0908. The van der Waals surface area contributed by atoms with Crippen LogP contribution >= 0.6 is 0 Å². The van der Waals surface area contributed by atoms with E-state index >= 15 is 0 Å². The number of unbranched alkanes of at least 4 members (excludes halogenated alkanes) is 6. The molecule has 0 aromatic rings. The van der Waals surface area contributed by atoms with Gasteiger partial charge in [-0.25, -0.2) is 0 Å². The smallest absolute Gasteiger partial charge is 0.306 e. The van der Waals surface area contributed by atoms with Crippen molar-refractivity contribution >= 4 is 71.6 Å². The summed E-state index contributed by atoms with van der Waals surface area (Å²) in [7, 11) is 26.8. The molecule has 0 aromatic heterocycles. The van der Waals surface area contributed by atoms with Crippen molar-refractivity contribution in [1.29, 1.82) is 0 Å². The Morgan fingerprint density at radius 3 is 0.634 bits per heavy atom. The van der Waals surface area contributed by atoms with Gasteiger partial charge in [-0.05, 0) is 106 Å². The molecule has 0 amide bonds. The number of esters is 12. The second-order valence-corrected chi connectivity index (χ2v) is 26.5. The third-order valence-electron chi connectivity index (χ3n) is 17.5. The predicted octanol–water partition coefficient (Wildman–Crippen LogP) is 3.03. The van der Waals surface area contributed by atoms with E-state index in [4.69, 9.17) is 24.7 Å². The van der Waals surface area contributed by atoms with Crippen molar-refractivity contribution in [3.8, 4) is 0 Å². The molecule has 0 heterocycles. The minimum Gasteiger partial charge on any atom is -0.469 e. The number of ether oxygens (including phenoxy) is 12. The van der Waals surface area contributed by atoms with Crippen LogP contribution < -0.4 is 11.1 Å². The molecule has 0 aliphatic heterocycles. The van der Waals surface area contributed by atoms with E-state index in [1.54, 1.807) is 0 Å². The molecule has 0 unspecified atom stereocenters. The van der Waals surface area contributed by atoms with Gasteiger partial charge in [0.15, 0.2) is 0 Å². The number of carbonyl (C=O) groups is 12. The maximum absolute atomic E-state index is 11.5. The van der Waals surface area contributed by atoms with Gasteiger partial charge in [-0.1, -0.05) is 26.2 Å². The summed E-state index contributed by atoms with van der Waals surface area (Å²) < 4.78 is 55.7. The van der Waals surface area contributed by atoms with Crippen LogP contribution in [0.15, 0.2) is 0 Å². The van der Waals surface area contributed by atoms with Crippen LogP contribution in [0.4, 0.5) is 0 Å². The predicted molar refractivity (Wildman–Crippen MR) is 427 cm³/mol. The molecule has 35 heteroatoms. The molecule has 0 rings (SSSR count). The van der Waals surface area contributed by atoms with Crippen molar-refractivity contribution in [2.24, 2.45) is 5.73 Å². The molecule has 0 saturated carbocycles. The molecule has 0 atom stereocenters. The van der Waals surface area contributed by atoms with Crippen LogP contribution in [-0.2, 0) is 114 Å². The third kappa shape index (κ3) is 81.2. The van der Waals surface area contributed by atoms with E-state index in [-0.39, 0.29) is 110 Å². The summed E-state index contributed by atoms with van der Waals surface area (Å²) in [5, 5.41) is 3.19. The number of nitrogens with zero attached hydrogens (tertiary/aromatic N) is 9. The van der Waals surface area contributed by atoms with Gasteiger partial charge in [0.05, 0.1) is 143 Å². The highest BCUT2D eigenvalue weighted by molar-refractivity contribution is 5.73. The highest BCUT2D eigenvalue weighted by Gasteiger charge is 2.18. The van der Waals surface area contributed by atoms with E-state index in [1.807, 2.05) is 30.9 Å². The van der Waals surface area contributed by atoms with Gasteiger partial charge in [-0.2, -0.15) is 0 Å². The molecular formula is C77H151N11O24. The molecule has 0 radical (unpaired) electrons. The fraction of sp³-hybridized carbons (Fsp3) is 0.844. The fourth-order valence-electron chi connectivity index (χ4n) is 10.0. The Morgan fingerprint density at radius 2 is 0.411 bits per heavy atom. The Kier molecular flexibility index (Phi) is 83.5. The average Bonchev–Trinajstić information content (AvgIpc) is 0.953. The van der Waals surface area contributed by atoms with Gasteiger partial charge in [0.2, 0.25) is 0 Å². The van der Waals surface area contributed by atoms with Gasteiger partial charge in [0.1, 0.15) is 0 Å². The Morgan fingerprint density at radius 1 is 0.214 bits per heavy atom. The Hall–Kier alpha value is -6.80. The van der Waals surface area contributed by atoms with Crippen molar-refractivity contribution in [2.75, 3.05) is 284 Å². The second kappa shape index (κ2) is 82.2. The molecule has 0 bridgehead atoms. The molecule has 112 heavy (non-hydrogen) atoms. The lowest BCUT2D eigenvalue weighted by Crippen LogP contribution is -2.40. The zero-order chi connectivity index (χ0) is 85.6. The van der Waals surface area contributed by atoms with Crippen LogP contribution in [0.5, 0.6) is 0 Å². The Balaban J connectivity index is -0.000000437. The number of carbonyl (C=O) groups excluding carboxylic acids is 12. The lowest BCUT2D eigenvalue weighted by Gasteiger charge is -2.27. The fourth-order valence-corrected chi connectivity index (χ4v) is 10.0. The van der Waals surface area contributed by atoms with E-state index in [9.17, 15) is 57.5 Å². The molecule has 0 aromatic carbocycles. The van der Waals surface area contributed by atoms with E-state index in [0.717, 1.165) is 123 Å². The topological polar surface area (TPSA) is 383 Å². The van der Waals surface area contributed by atoms with Gasteiger partial charge in [0.25, 0.3) is 0 Å². The summed E-state index contributed by atoms with van der Waals surface area (Å²) in [6.45, 7) is 20.2. The second-order valence-electron chi connectivity index (χ2n) is 26.5. The summed E-state index contributed by atoms with van der Waals surface area (Å²) in [5.41, 5.74) is 5.49. The number of hydrogen-bond acceptors (Lipinski definition) is 35. The lowest BCUT2D eigenvalue weighted by molar-refractivity contribution is -0.142. The monoisotopic (exact) mass is 1610 g/mol. The third-order valence-corrected chi connectivity index (χ3v) is 17.5. The number of nitrogens with two attached hydrogens (primary N) is 1. The number of nitrogens with one attached hydrogen (secondary N) is 1. The highest BCUT2D eigenvalue weighted by atomic mass is 16.6. The summed E-state index contributed by atoms with van der Waals surface area (Å²) in [6.07, 6.45) is 14.7. The molecule has 0 spiro atoms. The van der Waals surface area contributed by atoms with Crippen LogP contribution in [0.3, 0.4) is 0 Å². The zero-order valence-electron chi connectivity index (χ0n) is 72.1. The van der Waals surface area contributed by atoms with Crippen molar-refractivity contribution in [1.82, 2.24) is 49.4 Å². The first-order valence-electron chi connectivity index (χ1n) is 39.1. The maximum atomic E-state index is 11.5. The molecule has 35 nitrogen and oxygen atoms in total. The van der Waals surface area contributed by atoms with Gasteiger partial charge in [0, 0.05) is 157 Å². The molecule has 3 N–H and O–H groups in total. The lowest BCUT2D eigenvalue weighted by atomic mass is 10.1. The SMILES string of the molecule is CCCN(C)CCCCCC(=O)OC.COC(=O)CCCCCN(C)CCCCCC(=O)OC.COC(=O)CCN(CCC(=O)OC)CCN(C)CCN.COC(=O)CCN(CCC(=O)OC)CCN(C)CCN(CCC(=O)OC)CCC(=O)OC.COC(=O)CCNCCN(C)CCN(CCC(=O)OC)CCC(=O)OC. The van der Waals surface area contributed by atoms with Crippen molar-refractivity contribution in [2.45, 2.75) is 148 Å². The van der Waals surface area contributed by atoms with E-state index < -0.39 is 0 Å². The largest absolute Gasteiger partial charge is 0.469 e. The standard InChI is InChI=1S/C21H39N3O8.C17H33N3O6.C15H29NO4.C13H27N3O4.C11H23NO2/c1-22(14-16-23(10-6-18(25)29-2)11-7-19(26)30-3)15-17-24(12-8-20(27)31-4)13-9-21(28)32-5;1-19(12-9-18-8-5-15(21)24-2)13-14-20(10-6-16(22)25-3)11-7-17(23)26-4;1-16(12-8-4-6-10-14(17)19-2)13-9-5-7-11-15(18)20-3;1-15(9-6-14)10-11-16(7-4-12(17)19-2)8-5-13(18)20-3;1-4-9-12(2)10-7-5-6-8-11(13)14-3/h6-17H2,1-5H3;18H,5-14H2,1-4H3;4-13H2,1-3H3;4-11,14H2,1-3H3;4-10H2,1-3H3. The quantitative estimate of drug-likeness (QED) is 0.0502. The first kappa shape index (κ1) is 114. The number of hydrogen-bond donors (Lipinski definition) is 2. The first-order valence-corrected chi connectivity index (χ1v) is 39.1. The van der Waals surface area contributed by atoms with Crippen molar-refractivity contribution in [3.05, 3.63) is 0 Å². The van der Waals surface area contributed by atoms with Crippen molar-refractivity contribution in [3.63, 3.8) is 0 Å². The van der Waals surface area contributed by atoms with Gasteiger partial charge >= 0.3 is 71.6 Å². The summed E-state index contributed by atoms with van der Waals surface area (Å²) in [6, 6.07) is 0. The molecule has 0 aliphatic carbocycles. The van der Waals surface area contributed by atoms with Gasteiger partial charge in [-0.15, -0.1) is 0 Å². The van der Waals surface area contributed by atoms with Gasteiger partial charge in [-0.3, -0.25) is 57.5 Å². The Labute approximate surface area is 671 Å². The molecule has 0 saturated heterocycles. The maximum Gasteiger partial charge on any atom is 0.306 e. The van der Waals surface area contributed by atoms with E-state index in [1.165, 1.54) is 98.2 Å². The Bertz CT molecular complexity index is 2260. The van der Waals surface area contributed by atoms with Crippen LogP contribution in [0.2, 0.25) is 0 Å². The highest BCUT2D eigenvalue weighted by Crippen LogP contribution is 2.08. The molecule has 0 aliphatic rings. The summed E-state index contributed by atoms with van der Waals surface area (Å²) >= 11 is 0. The zero-order valence-corrected chi connectivity index (χ0v) is 72.1. The number of rotatable bonds is 64. The molecule has 0 fully saturated rings. The van der Waals surface area contributed by atoms with Crippen LogP contribution in [0.25, 0.3) is 0 Å². The summed E-state index contributed by atoms with van der Waals surface area (Å²) in [5.74, 6) is -2.78. The average molecular weight is 1620 g/mol. The van der Waals surface area contributed by atoms with Gasteiger partial charge < -0.3 is 112 Å². The first-order chi connectivity index (χ1) is 53.5. The molecular weight excluding hydrogens is 1460 g/mol. The minimum atomic E-state index is -0.298. The number of likely N-dealkylation sites (N-methyl/N-ethyl adjacent to an activating group) is 3. The van der Waals surface area contributed by atoms with E-state index in [2.05, 4.69) is 98.5 Å². The van der Waals surface area contributed by atoms with Crippen molar-refractivity contribution < 1.29 is 114 Å².